The van der Waals surface area contributed by atoms with E-state index < -0.39 is 17.9 Å². The number of nitrogen functional groups attached to an aromatic ring is 2. The molecule has 0 radical (unpaired) electrons. The van der Waals surface area contributed by atoms with Gasteiger partial charge in [0.15, 0.2) is 16.3 Å². The third-order valence-corrected chi connectivity index (χ3v) is 29.5. The number of benzene rings is 11. The molecule has 4 heterocycles. The molecule has 1 saturated heterocycles. The highest BCUT2D eigenvalue weighted by Crippen LogP contribution is 2.39. The van der Waals surface area contributed by atoms with Crippen molar-refractivity contribution in [3.63, 3.8) is 0 Å². The molecule has 0 atom stereocenters. The molecule has 3 aromatic heterocycles. The SMILES string of the molecule is C.C=CB1OC(C)(C)C(C)(C)O1.C=Cc1c(Cl)ccc2c(=O)c3ccc(C)cc3n(CC(=O)O)c12.CCOC(=O)CI.CCOC(=O)Cn1c2cc(C)ccc2c(=O)c2ccc(Cl)c(Br)c21.Cc1ccc(C(=O)O)c(Cc2cccc(Cl)c2Br)c1.Cc1ccc(C(=O)O)c(N)c1.Cc1ccc2c(=O)c3ccc(Cl)c(Br)c3[nH]c2c1.Clc1cccc(I)c1Br.Nc1cccc(Cl)c1Br. The number of aryl methyl sites for hydroxylation is 5. The van der Waals surface area contributed by atoms with E-state index in [1.807, 2.05) is 170 Å². The highest BCUT2D eigenvalue weighted by Gasteiger charge is 2.50. The maximum atomic E-state index is 12.8. The zero-order chi connectivity index (χ0) is 97.5. The quantitative estimate of drug-likeness (QED) is 0.0119. The summed E-state index contributed by atoms with van der Waals surface area (Å²) in [6, 6.07) is 53.8. The van der Waals surface area contributed by atoms with E-state index in [1.54, 1.807) is 126 Å². The normalized spacial score (nSPS) is 11.8. The topological polar surface area (TPSA) is 312 Å². The maximum Gasteiger partial charge on any atom is 0.486 e. The minimum Gasteiger partial charge on any atom is -0.480 e. The van der Waals surface area contributed by atoms with Crippen molar-refractivity contribution in [2.24, 2.45) is 0 Å². The van der Waals surface area contributed by atoms with E-state index in [0.717, 1.165) is 76.5 Å². The lowest BCUT2D eigenvalue weighted by atomic mass is 9.90. The van der Waals surface area contributed by atoms with Gasteiger partial charge in [0, 0.05) is 66.8 Å². The second-order valence-corrected chi connectivity index (χ2v) is 38.2. The van der Waals surface area contributed by atoms with Gasteiger partial charge < -0.3 is 59.7 Å². The number of nitrogens with two attached hydrogens (primary N) is 2. The summed E-state index contributed by atoms with van der Waals surface area (Å²) in [5, 5.41) is 34.0. The summed E-state index contributed by atoms with van der Waals surface area (Å²) >= 11 is 57.0. The Hall–Kier alpha value is -8.16. The Bertz CT molecular complexity index is 6780. The number of carbonyl (C=O) groups excluding carboxylic acids is 2. The van der Waals surface area contributed by atoms with Crippen molar-refractivity contribution >= 4 is 314 Å². The van der Waals surface area contributed by atoms with Crippen molar-refractivity contribution in [1.29, 1.82) is 0 Å². The number of carboxylic acids is 3. The van der Waals surface area contributed by atoms with Crippen LogP contribution in [-0.4, -0.2) is 95.2 Å². The van der Waals surface area contributed by atoms with Crippen molar-refractivity contribution in [1.82, 2.24) is 14.1 Å². The van der Waals surface area contributed by atoms with E-state index in [9.17, 15) is 48.6 Å². The minimum absolute atomic E-state index is 0. The van der Waals surface area contributed by atoms with Gasteiger partial charge in [-0.05, 0) is 340 Å². The fraction of sp³-hybridized carbons (Fsp3) is 0.204. The lowest BCUT2D eigenvalue weighted by Gasteiger charge is -2.32. The number of alkyl halides is 1. The molecule has 132 heavy (non-hydrogen) atoms. The largest absolute Gasteiger partial charge is 0.486 e. The number of carboxylic acid groups (broad SMARTS) is 3. The molecule has 0 bridgehead atoms. The third kappa shape index (κ3) is 29.7. The molecule has 1 aliphatic rings. The number of hydrogen-bond acceptors (Lipinski definition) is 14. The van der Waals surface area contributed by atoms with E-state index in [0.29, 0.717) is 131 Å². The number of carbonyl (C=O) groups is 5. The van der Waals surface area contributed by atoms with Gasteiger partial charge in [0.2, 0.25) is 0 Å². The molecule has 11 aromatic carbocycles. The van der Waals surface area contributed by atoms with Crippen LogP contribution in [0.25, 0.3) is 71.5 Å². The number of pyridine rings is 3. The Labute approximate surface area is 864 Å². The molecule has 15 rings (SSSR count). The predicted molar refractivity (Wildman–Crippen MR) is 579 cm³/mol. The number of H-pyrrole nitrogens is 1. The number of nitrogens with one attached hydrogen (secondary N) is 1. The molecule has 0 spiro atoms. The molecule has 0 amide bonds. The van der Waals surface area contributed by atoms with Crippen LogP contribution in [0.15, 0.2) is 238 Å². The monoisotopic (exact) mass is 2450 g/mol. The van der Waals surface area contributed by atoms with Crippen molar-refractivity contribution in [2.45, 2.75) is 114 Å². The lowest BCUT2D eigenvalue weighted by Crippen LogP contribution is -2.41. The van der Waals surface area contributed by atoms with Crippen LogP contribution < -0.4 is 27.8 Å². The fourth-order valence-electron chi connectivity index (χ4n) is 12.8. The van der Waals surface area contributed by atoms with Crippen LogP contribution in [0.3, 0.4) is 0 Å². The second kappa shape index (κ2) is 51.7. The molecule has 20 nitrogen and oxygen atoms in total. The zero-order valence-electron chi connectivity index (χ0n) is 72.4. The highest BCUT2D eigenvalue weighted by molar-refractivity contribution is 14.1. The summed E-state index contributed by atoms with van der Waals surface area (Å²) in [7, 11) is -0.250. The van der Waals surface area contributed by atoms with E-state index >= 15 is 0 Å². The smallest absolute Gasteiger partial charge is 0.480 e. The Kier molecular flexibility index (Phi) is 44.1. The number of ether oxygens (including phenoxy) is 2. The number of esters is 2. The van der Waals surface area contributed by atoms with E-state index in [1.165, 1.54) is 6.07 Å². The number of aliphatic carboxylic acids is 1. The predicted octanol–water partition coefficient (Wildman–Crippen LogP) is 28.5. The first-order valence-electron chi connectivity index (χ1n) is 39.6. The standard InChI is InChI=1S/C18H15BrClNO3.C18H14ClNO3.C15H12BrClO2.C14H9BrClNO.C8H15BO2.C8H9NO2.C6H3BrClI.C6H5BrClN.C4H7IO2.CH4/c1-3-24-15(22)9-21-14-8-10(2)4-5-11(14)18(23)12-6-7-13(20)16(19)17(12)21;1-3-11-14(19)7-6-13-17(11)20(9-16(21)22)15-8-10(2)4-5-12(15)18(13)23;1-9-5-6-12(15(18)19)11(7-9)8-10-3-2-4-13(17)14(10)16;1-7-2-3-8-11(6-7)17-13-9(14(8)18)4-5-10(16)12(13)15;1-6-9-10-7(2,3)8(4,5)11-9;1-5-2-3-6(8(10)11)7(9)4-5;2*7-6-4(8)2-1-3-5(6)9;1-2-7-4(6)3-5;/h4-8H,3,9H2,1-2H3;3-8H,1,9H2,2H3,(H,21,22);2-7H,8H2,1H3,(H,18,19);2-6H,1H3,(H,17,18);6H,1H2,2-5H3;2-4H,9H2,1H3,(H,10,11);1-3H;1-3H,9H2;2-3H2,1H3;1H4. The van der Waals surface area contributed by atoms with Gasteiger partial charge in [-0.2, -0.15) is 0 Å². The summed E-state index contributed by atoms with van der Waals surface area (Å²) in [5.41, 5.74) is 23.0. The molecule has 0 aliphatic carbocycles. The van der Waals surface area contributed by atoms with Crippen LogP contribution >= 0.6 is 194 Å². The number of hydrogen-bond donors (Lipinski definition) is 6. The highest BCUT2D eigenvalue weighted by atomic mass is 127. The Morgan fingerprint density at radius 1 is 0.485 bits per heavy atom. The van der Waals surface area contributed by atoms with Gasteiger partial charge >= 0.3 is 37.0 Å². The first kappa shape index (κ1) is 113. The van der Waals surface area contributed by atoms with Gasteiger partial charge in [-0.1, -0.05) is 184 Å². The number of nitrogens with zero attached hydrogens (tertiary/aromatic N) is 2. The average molecular weight is 2460 g/mol. The third-order valence-electron chi connectivity index (χ3n) is 19.9. The van der Waals surface area contributed by atoms with Gasteiger partial charge in [0.25, 0.3) is 0 Å². The molecule has 1 fully saturated rings. The number of aromatic carboxylic acids is 2. The molecule has 0 saturated carbocycles. The Balaban J connectivity index is 0.000000235. The summed E-state index contributed by atoms with van der Waals surface area (Å²) in [4.78, 5) is 96.6. The van der Waals surface area contributed by atoms with Crippen molar-refractivity contribution in [3.05, 3.63) is 343 Å². The van der Waals surface area contributed by atoms with Gasteiger partial charge in [0.05, 0.1) is 112 Å². The zero-order valence-corrected chi connectivity index (χ0v) is 89.2. The molecular formula is C98H93BBr5Cl6I2N5O15. The summed E-state index contributed by atoms with van der Waals surface area (Å²) in [5.74, 6) is -1.71. The van der Waals surface area contributed by atoms with Crippen molar-refractivity contribution in [2.75, 3.05) is 29.1 Å². The minimum atomic E-state index is -0.993. The number of anilines is 2. The van der Waals surface area contributed by atoms with Gasteiger partial charge in [-0.3, -0.25) is 28.8 Å². The first-order chi connectivity index (χ1) is 61.7. The molecule has 14 aromatic rings. The molecule has 8 N–H and O–H groups in total. The van der Waals surface area contributed by atoms with Crippen molar-refractivity contribution in [3.8, 4) is 0 Å². The number of aromatic amines is 1. The number of rotatable bonds is 13. The second-order valence-electron chi connectivity index (χ2n) is 29.9. The Morgan fingerprint density at radius 3 is 1.38 bits per heavy atom. The van der Waals surface area contributed by atoms with E-state index in [2.05, 4.69) is 125 Å². The summed E-state index contributed by atoms with van der Waals surface area (Å²) in [6.45, 7) is 29.2. The number of halogens is 13. The summed E-state index contributed by atoms with van der Waals surface area (Å²) < 4.78 is 29.6. The number of aromatic nitrogens is 3. The van der Waals surface area contributed by atoms with Crippen LogP contribution in [-0.2, 0) is 52.7 Å². The van der Waals surface area contributed by atoms with Crippen LogP contribution in [0.5, 0.6) is 0 Å². The van der Waals surface area contributed by atoms with Crippen molar-refractivity contribution < 1.29 is 58.1 Å². The number of fused-ring (bicyclic) bond motifs is 6. The van der Waals surface area contributed by atoms with Gasteiger partial charge in [-0.15, -0.1) is 6.58 Å². The molecular weight excluding hydrogens is 2360 g/mol. The molecule has 694 valence electrons. The molecule has 1 aliphatic heterocycles. The van der Waals surface area contributed by atoms with Gasteiger partial charge in [-0.25, -0.2) is 9.59 Å². The molecule has 0 unspecified atom stereocenters. The molecule has 34 heteroatoms. The summed E-state index contributed by atoms with van der Waals surface area (Å²) in [6.07, 6.45) is 2.08. The average Bonchev–Trinajstić information content (AvgIpc) is 1.11. The maximum absolute atomic E-state index is 12.8. The van der Waals surface area contributed by atoms with Crippen LogP contribution in [0.4, 0.5) is 11.4 Å². The van der Waals surface area contributed by atoms with E-state index in [4.69, 9.17) is 100 Å². The lowest BCUT2D eigenvalue weighted by molar-refractivity contribution is -0.143. The first-order valence-corrected chi connectivity index (χ1v) is 48.4. The van der Waals surface area contributed by atoms with Crippen LogP contribution in [0, 0.1) is 38.2 Å². The van der Waals surface area contributed by atoms with Gasteiger partial charge in [0.1, 0.15) is 13.1 Å². The van der Waals surface area contributed by atoms with E-state index in [-0.39, 0.29) is 72.6 Å². The van der Waals surface area contributed by atoms with Crippen LogP contribution in [0.1, 0.15) is 114 Å². The Morgan fingerprint density at radius 2 is 0.909 bits per heavy atom. The van der Waals surface area contributed by atoms with Crippen LogP contribution in [0.2, 0.25) is 30.1 Å². The fourth-order valence-corrected chi connectivity index (χ4v) is 16.7.